The maximum atomic E-state index is 12.2. The molecule has 1 aliphatic carbocycles. The van der Waals surface area contributed by atoms with Crippen molar-refractivity contribution in [2.75, 3.05) is 18.5 Å². The van der Waals surface area contributed by atoms with Gasteiger partial charge in [0.25, 0.3) is 6.43 Å². The first-order chi connectivity index (χ1) is 8.15. The number of hydrogen-bond acceptors (Lipinski definition) is 4. The van der Waals surface area contributed by atoms with Crippen molar-refractivity contribution < 1.29 is 8.78 Å². The number of halogens is 2. The number of nitrogens with zero attached hydrogens (tertiary/aromatic N) is 3. The number of hydrogen-bond donors (Lipinski definition) is 1. The fraction of sp³-hybridized carbons (Fsp3) is 0.636. The lowest BCUT2D eigenvalue weighted by molar-refractivity contribution is 0.156. The summed E-state index contributed by atoms with van der Waals surface area (Å²) >= 11 is 0. The predicted octanol–water partition coefficient (Wildman–Crippen LogP) is 1.43. The molecule has 1 aromatic heterocycles. The van der Waals surface area contributed by atoms with E-state index in [1.165, 1.54) is 23.9 Å². The minimum atomic E-state index is -2.36. The number of anilines is 1. The molecule has 1 N–H and O–H groups in total. The monoisotopic (exact) mass is 242 g/mol. The van der Waals surface area contributed by atoms with Gasteiger partial charge in [0.15, 0.2) is 0 Å². The quantitative estimate of drug-likeness (QED) is 0.819. The third kappa shape index (κ3) is 3.89. The molecule has 94 valence electrons. The fourth-order valence-corrected chi connectivity index (χ4v) is 1.47. The summed E-state index contributed by atoms with van der Waals surface area (Å²) < 4.78 is 24.3. The van der Waals surface area contributed by atoms with Crippen LogP contribution in [0.4, 0.5) is 14.6 Å². The van der Waals surface area contributed by atoms with Crippen LogP contribution in [-0.2, 0) is 6.54 Å². The van der Waals surface area contributed by atoms with Gasteiger partial charge >= 0.3 is 0 Å². The second kappa shape index (κ2) is 5.35. The highest BCUT2D eigenvalue weighted by Crippen LogP contribution is 2.19. The van der Waals surface area contributed by atoms with Crippen LogP contribution in [0.3, 0.4) is 0 Å². The molecule has 1 aromatic rings. The Bertz CT molecular complexity index is 351. The Labute approximate surface area is 99.1 Å². The molecule has 0 unspecified atom stereocenters. The van der Waals surface area contributed by atoms with Gasteiger partial charge in [0.05, 0.1) is 24.6 Å². The van der Waals surface area contributed by atoms with Gasteiger partial charge < -0.3 is 10.2 Å². The molecular weight excluding hydrogens is 226 g/mol. The van der Waals surface area contributed by atoms with Gasteiger partial charge in [0, 0.05) is 19.6 Å². The molecule has 2 rings (SSSR count). The Hall–Kier alpha value is -1.30. The highest BCUT2D eigenvalue weighted by atomic mass is 19.3. The minimum absolute atomic E-state index is 0.325. The molecule has 1 aliphatic rings. The van der Waals surface area contributed by atoms with Crippen LogP contribution in [-0.4, -0.2) is 36.0 Å². The molecule has 0 aliphatic heterocycles. The standard InChI is InChI=1S/C11H16F2N4/c1-17(7-10(12)13)11-6-15-9(5-16-11)4-14-8-2-3-8/h5-6,8,10,14H,2-4,7H2,1H3. The van der Waals surface area contributed by atoms with Gasteiger partial charge in [-0.05, 0) is 12.8 Å². The zero-order valence-electron chi connectivity index (χ0n) is 9.74. The molecule has 1 fully saturated rings. The van der Waals surface area contributed by atoms with E-state index in [1.54, 1.807) is 13.2 Å². The number of alkyl halides is 2. The van der Waals surface area contributed by atoms with E-state index in [0.717, 1.165) is 5.69 Å². The number of nitrogens with one attached hydrogen (secondary N) is 1. The van der Waals surface area contributed by atoms with Crippen molar-refractivity contribution in [3.63, 3.8) is 0 Å². The topological polar surface area (TPSA) is 41.1 Å². The third-order valence-electron chi connectivity index (χ3n) is 2.64. The molecule has 6 heteroatoms. The molecular formula is C11H16F2N4. The molecule has 0 amide bonds. The third-order valence-corrected chi connectivity index (χ3v) is 2.64. The van der Waals surface area contributed by atoms with E-state index in [0.29, 0.717) is 18.4 Å². The van der Waals surface area contributed by atoms with Crippen LogP contribution in [0.15, 0.2) is 12.4 Å². The summed E-state index contributed by atoms with van der Waals surface area (Å²) in [6, 6.07) is 0.623. The van der Waals surface area contributed by atoms with Crippen LogP contribution in [0, 0.1) is 0 Å². The molecule has 17 heavy (non-hydrogen) atoms. The molecule has 0 aromatic carbocycles. The molecule has 0 radical (unpaired) electrons. The van der Waals surface area contributed by atoms with Crippen LogP contribution in [0.1, 0.15) is 18.5 Å². The lowest BCUT2D eigenvalue weighted by atomic mass is 10.4. The second-order valence-electron chi connectivity index (χ2n) is 4.29. The van der Waals surface area contributed by atoms with Gasteiger partial charge in [-0.3, -0.25) is 4.98 Å². The van der Waals surface area contributed by atoms with Crippen molar-refractivity contribution in [1.82, 2.24) is 15.3 Å². The summed E-state index contributed by atoms with van der Waals surface area (Å²) in [6.07, 6.45) is 3.25. The van der Waals surface area contributed by atoms with Crippen LogP contribution in [0.2, 0.25) is 0 Å². The zero-order valence-corrected chi connectivity index (χ0v) is 9.74. The van der Waals surface area contributed by atoms with Crippen LogP contribution < -0.4 is 10.2 Å². The molecule has 0 saturated heterocycles. The molecule has 1 heterocycles. The molecule has 0 atom stereocenters. The van der Waals surface area contributed by atoms with E-state index in [1.807, 2.05) is 0 Å². The Balaban J connectivity index is 1.87. The van der Waals surface area contributed by atoms with Crippen LogP contribution >= 0.6 is 0 Å². The summed E-state index contributed by atoms with van der Waals surface area (Å²) in [5, 5.41) is 3.32. The Morgan fingerprint density at radius 1 is 1.41 bits per heavy atom. The summed E-state index contributed by atoms with van der Waals surface area (Å²) in [5.74, 6) is 0.473. The normalized spacial score (nSPS) is 15.3. The molecule has 0 spiro atoms. The first-order valence-electron chi connectivity index (χ1n) is 5.68. The second-order valence-corrected chi connectivity index (χ2v) is 4.29. The van der Waals surface area contributed by atoms with Crippen molar-refractivity contribution in [1.29, 1.82) is 0 Å². The molecule has 4 nitrogen and oxygen atoms in total. The minimum Gasteiger partial charge on any atom is -0.353 e. The first kappa shape index (κ1) is 12.2. The Morgan fingerprint density at radius 2 is 2.18 bits per heavy atom. The van der Waals surface area contributed by atoms with Crippen LogP contribution in [0.25, 0.3) is 0 Å². The average Bonchev–Trinajstić information content (AvgIpc) is 3.10. The zero-order chi connectivity index (χ0) is 12.3. The SMILES string of the molecule is CN(CC(F)F)c1cnc(CNC2CC2)cn1. The van der Waals surface area contributed by atoms with Crippen molar-refractivity contribution in [3.05, 3.63) is 18.1 Å². The Kier molecular flexibility index (Phi) is 3.83. The van der Waals surface area contributed by atoms with Gasteiger partial charge in [-0.2, -0.15) is 0 Å². The van der Waals surface area contributed by atoms with Gasteiger partial charge in [-0.25, -0.2) is 13.8 Å². The van der Waals surface area contributed by atoms with Gasteiger partial charge in [-0.15, -0.1) is 0 Å². The lowest BCUT2D eigenvalue weighted by Gasteiger charge is -2.16. The van der Waals surface area contributed by atoms with E-state index in [2.05, 4.69) is 15.3 Å². The molecule has 1 saturated carbocycles. The number of rotatable bonds is 6. The van der Waals surface area contributed by atoms with E-state index in [9.17, 15) is 8.78 Å². The van der Waals surface area contributed by atoms with Gasteiger partial charge in [-0.1, -0.05) is 0 Å². The highest BCUT2D eigenvalue weighted by molar-refractivity contribution is 5.34. The maximum Gasteiger partial charge on any atom is 0.255 e. The molecule has 0 bridgehead atoms. The van der Waals surface area contributed by atoms with E-state index in [-0.39, 0.29) is 6.54 Å². The van der Waals surface area contributed by atoms with E-state index in [4.69, 9.17) is 0 Å². The van der Waals surface area contributed by atoms with Gasteiger partial charge in [0.1, 0.15) is 5.82 Å². The summed E-state index contributed by atoms with van der Waals surface area (Å²) in [7, 11) is 1.58. The smallest absolute Gasteiger partial charge is 0.255 e. The fourth-order valence-electron chi connectivity index (χ4n) is 1.47. The van der Waals surface area contributed by atoms with E-state index >= 15 is 0 Å². The largest absolute Gasteiger partial charge is 0.353 e. The average molecular weight is 242 g/mol. The van der Waals surface area contributed by atoms with Crippen molar-refractivity contribution in [3.8, 4) is 0 Å². The maximum absolute atomic E-state index is 12.2. The Morgan fingerprint density at radius 3 is 2.71 bits per heavy atom. The summed E-state index contributed by atoms with van der Waals surface area (Å²) in [5.41, 5.74) is 0.839. The summed E-state index contributed by atoms with van der Waals surface area (Å²) in [6.45, 7) is 0.366. The van der Waals surface area contributed by atoms with Crippen molar-refractivity contribution in [2.24, 2.45) is 0 Å². The van der Waals surface area contributed by atoms with Crippen molar-refractivity contribution >= 4 is 5.82 Å². The lowest BCUT2D eigenvalue weighted by Crippen LogP contribution is -2.25. The first-order valence-corrected chi connectivity index (χ1v) is 5.68. The van der Waals surface area contributed by atoms with Crippen LogP contribution in [0.5, 0.6) is 0 Å². The predicted molar refractivity (Wildman–Crippen MR) is 61.2 cm³/mol. The highest BCUT2D eigenvalue weighted by Gasteiger charge is 2.20. The van der Waals surface area contributed by atoms with Gasteiger partial charge in [0.2, 0.25) is 0 Å². The van der Waals surface area contributed by atoms with Crippen molar-refractivity contribution in [2.45, 2.75) is 31.9 Å². The number of aromatic nitrogens is 2. The summed E-state index contributed by atoms with van der Waals surface area (Å²) in [4.78, 5) is 9.71. The van der Waals surface area contributed by atoms with E-state index < -0.39 is 6.43 Å².